The van der Waals surface area contributed by atoms with Gasteiger partial charge in [0, 0.05) is 16.2 Å². The molecule has 1 N–H and O–H groups in total. The lowest BCUT2D eigenvalue weighted by atomic mass is 10.1. The topological polar surface area (TPSA) is 12.0 Å². The van der Waals surface area contributed by atoms with E-state index in [4.69, 9.17) is 0 Å². The normalized spacial score (nSPS) is 14.1. The summed E-state index contributed by atoms with van der Waals surface area (Å²) in [6.07, 6.45) is 0. The second-order valence-electron chi connectivity index (χ2n) is 4.75. The molecule has 2 atom stereocenters. The maximum atomic E-state index is 3.28. The zero-order valence-corrected chi connectivity index (χ0v) is 12.6. The average molecular weight is 271 g/mol. The molecule has 0 aliphatic heterocycles. The smallest absolute Gasteiger partial charge is 0.0316 e. The fourth-order valence-corrected chi connectivity index (χ4v) is 3.08. The van der Waals surface area contributed by atoms with Crippen molar-refractivity contribution in [3.05, 3.63) is 65.7 Å². The zero-order valence-electron chi connectivity index (χ0n) is 11.8. The molecule has 2 aromatic carbocycles. The molecule has 0 aliphatic rings. The van der Waals surface area contributed by atoms with E-state index in [1.54, 1.807) is 0 Å². The summed E-state index contributed by atoms with van der Waals surface area (Å²) in [5.41, 5.74) is 2.72. The Balaban J connectivity index is 2.11. The van der Waals surface area contributed by atoms with Crippen molar-refractivity contribution < 1.29 is 0 Å². The van der Waals surface area contributed by atoms with Gasteiger partial charge >= 0.3 is 0 Å². The van der Waals surface area contributed by atoms with E-state index in [0.29, 0.717) is 11.3 Å². The molecule has 0 spiro atoms. The highest BCUT2D eigenvalue weighted by Gasteiger charge is 2.08. The molecule has 0 heterocycles. The molecular weight excluding hydrogens is 250 g/mol. The van der Waals surface area contributed by atoms with E-state index in [9.17, 15) is 0 Å². The van der Waals surface area contributed by atoms with Crippen molar-refractivity contribution in [2.24, 2.45) is 0 Å². The number of rotatable bonds is 5. The van der Waals surface area contributed by atoms with Crippen LogP contribution in [0.4, 0.5) is 0 Å². The van der Waals surface area contributed by atoms with E-state index < -0.39 is 0 Å². The molecule has 0 saturated carbocycles. The molecule has 0 amide bonds. The standard InChI is InChI=1S/C17H21NS/c1-13(18-3)16-10-7-11-17(12-16)19-14(2)15-8-5-4-6-9-15/h4-14,18H,1-3H3. The predicted octanol–water partition coefficient (Wildman–Crippen LogP) is 4.82. The monoisotopic (exact) mass is 271 g/mol. The molecule has 2 heteroatoms. The maximum absolute atomic E-state index is 3.28. The summed E-state index contributed by atoms with van der Waals surface area (Å²) in [4.78, 5) is 1.33. The Morgan fingerprint density at radius 3 is 2.26 bits per heavy atom. The number of hydrogen-bond acceptors (Lipinski definition) is 2. The van der Waals surface area contributed by atoms with Crippen molar-refractivity contribution in [3.63, 3.8) is 0 Å². The van der Waals surface area contributed by atoms with Gasteiger partial charge in [-0.3, -0.25) is 0 Å². The van der Waals surface area contributed by atoms with Gasteiger partial charge in [0.1, 0.15) is 0 Å². The van der Waals surface area contributed by atoms with Gasteiger partial charge in [-0.1, -0.05) is 42.5 Å². The Labute approximate surface area is 120 Å². The summed E-state index contributed by atoms with van der Waals surface area (Å²) in [6, 6.07) is 19.8. The highest BCUT2D eigenvalue weighted by molar-refractivity contribution is 7.99. The van der Waals surface area contributed by atoms with Crippen LogP contribution in [0, 0.1) is 0 Å². The van der Waals surface area contributed by atoms with Crippen LogP contribution in [0.3, 0.4) is 0 Å². The maximum Gasteiger partial charge on any atom is 0.0316 e. The molecule has 2 unspecified atom stereocenters. The van der Waals surface area contributed by atoms with Crippen molar-refractivity contribution >= 4 is 11.8 Å². The van der Waals surface area contributed by atoms with Crippen LogP contribution >= 0.6 is 11.8 Å². The summed E-state index contributed by atoms with van der Waals surface area (Å²) in [7, 11) is 2.00. The molecule has 100 valence electrons. The minimum atomic E-state index is 0.396. The first-order valence-corrected chi connectivity index (χ1v) is 7.57. The zero-order chi connectivity index (χ0) is 13.7. The second kappa shape index (κ2) is 6.78. The minimum Gasteiger partial charge on any atom is -0.313 e. The highest BCUT2D eigenvalue weighted by Crippen LogP contribution is 2.35. The van der Waals surface area contributed by atoms with Crippen LogP contribution in [-0.2, 0) is 0 Å². The summed E-state index contributed by atoms with van der Waals surface area (Å²) < 4.78 is 0. The third kappa shape index (κ3) is 3.85. The third-order valence-electron chi connectivity index (χ3n) is 3.37. The van der Waals surface area contributed by atoms with Crippen LogP contribution < -0.4 is 5.32 Å². The van der Waals surface area contributed by atoms with Gasteiger partial charge < -0.3 is 5.32 Å². The van der Waals surface area contributed by atoms with E-state index >= 15 is 0 Å². The van der Waals surface area contributed by atoms with E-state index in [1.807, 2.05) is 18.8 Å². The molecule has 0 fully saturated rings. The minimum absolute atomic E-state index is 0.396. The van der Waals surface area contributed by atoms with Crippen molar-refractivity contribution in [2.45, 2.75) is 30.0 Å². The molecule has 0 saturated heterocycles. The van der Waals surface area contributed by atoms with Crippen LogP contribution in [0.1, 0.15) is 36.3 Å². The van der Waals surface area contributed by atoms with E-state index in [2.05, 4.69) is 73.8 Å². The molecular formula is C17H21NS. The fourth-order valence-electron chi connectivity index (χ4n) is 2.02. The van der Waals surface area contributed by atoms with Crippen molar-refractivity contribution in [1.29, 1.82) is 0 Å². The lowest BCUT2D eigenvalue weighted by Gasteiger charge is -2.15. The SMILES string of the molecule is CNC(C)c1cccc(SC(C)c2ccccc2)c1. The Hall–Kier alpha value is -1.25. The summed E-state index contributed by atoms with van der Waals surface area (Å²) in [5, 5.41) is 3.76. The Morgan fingerprint density at radius 1 is 0.895 bits per heavy atom. The quantitative estimate of drug-likeness (QED) is 0.782. The molecule has 0 radical (unpaired) electrons. The predicted molar refractivity (Wildman–Crippen MR) is 84.6 cm³/mol. The molecule has 2 rings (SSSR count). The van der Waals surface area contributed by atoms with Gasteiger partial charge in [-0.25, -0.2) is 0 Å². The van der Waals surface area contributed by atoms with E-state index in [1.165, 1.54) is 16.0 Å². The summed E-state index contributed by atoms with van der Waals surface area (Å²) in [6.45, 7) is 4.44. The lowest BCUT2D eigenvalue weighted by Crippen LogP contribution is -2.12. The van der Waals surface area contributed by atoms with Crippen LogP contribution in [0.5, 0.6) is 0 Å². The van der Waals surface area contributed by atoms with Gasteiger partial charge in [0.05, 0.1) is 0 Å². The van der Waals surface area contributed by atoms with Gasteiger partial charge in [-0.05, 0) is 44.2 Å². The number of benzene rings is 2. The van der Waals surface area contributed by atoms with Gasteiger partial charge in [0.15, 0.2) is 0 Å². The number of hydrogen-bond donors (Lipinski definition) is 1. The molecule has 2 aromatic rings. The van der Waals surface area contributed by atoms with Crippen LogP contribution in [0.15, 0.2) is 59.5 Å². The first-order chi connectivity index (χ1) is 9.20. The largest absolute Gasteiger partial charge is 0.313 e. The van der Waals surface area contributed by atoms with Gasteiger partial charge in [-0.2, -0.15) is 0 Å². The lowest BCUT2D eigenvalue weighted by molar-refractivity contribution is 0.651. The van der Waals surface area contributed by atoms with Gasteiger partial charge in [0.2, 0.25) is 0 Å². The first kappa shape index (κ1) is 14.2. The van der Waals surface area contributed by atoms with Crippen LogP contribution in [0.25, 0.3) is 0 Å². The Morgan fingerprint density at radius 2 is 1.58 bits per heavy atom. The van der Waals surface area contributed by atoms with Gasteiger partial charge in [-0.15, -0.1) is 11.8 Å². The van der Waals surface area contributed by atoms with Gasteiger partial charge in [0.25, 0.3) is 0 Å². The van der Waals surface area contributed by atoms with Crippen LogP contribution in [-0.4, -0.2) is 7.05 Å². The van der Waals surface area contributed by atoms with E-state index in [-0.39, 0.29) is 0 Å². The molecule has 1 nitrogen and oxygen atoms in total. The number of thioether (sulfide) groups is 1. The van der Waals surface area contributed by atoms with E-state index in [0.717, 1.165) is 0 Å². The first-order valence-electron chi connectivity index (χ1n) is 6.69. The number of nitrogens with one attached hydrogen (secondary N) is 1. The Bertz CT molecular complexity index is 510. The third-order valence-corrected chi connectivity index (χ3v) is 4.52. The van der Waals surface area contributed by atoms with Crippen molar-refractivity contribution in [3.8, 4) is 0 Å². The molecule has 0 bridgehead atoms. The Kier molecular flexibility index (Phi) is 5.06. The molecule has 19 heavy (non-hydrogen) atoms. The fraction of sp³-hybridized carbons (Fsp3) is 0.294. The summed E-state index contributed by atoms with van der Waals surface area (Å²) >= 11 is 1.91. The molecule has 0 aliphatic carbocycles. The van der Waals surface area contributed by atoms with Crippen molar-refractivity contribution in [1.82, 2.24) is 5.32 Å². The second-order valence-corrected chi connectivity index (χ2v) is 6.17. The van der Waals surface area contributed by atoms with Crippen LogP contribution in [0.2, 0.25) is 0 Å². The molecule has 0 aromatic heterocycles. The van der Waals surface area contributed by atoms with Crippen molar-refractivity contribution in [2.75, 3.05) is 7.05 Å². The summed E-state index contributed by atoms with van der Waals surface area (Å²) in [5.74, 6) is 0. The average Bonchev–Trinajstić information content (AvgIpc) is 2.47. The highest BCUT2D eigenvalue weighted by atomic mass is 32.2.